The Kier molecular flexibility index (Phi) is 1.59. The van der Waals surface area contributed by atoms with Crippen LogP contribution >= 0.6 is 0 Å². The van der Waals surface area contributed by atoms with Gasteiger partial charge in [-0.1, -0.05) is 0 Å². The maximum Gasteiger partial charge on any atom is 0.142 e. The Balaban J connectivity index is 1.64. The van der Waals surface area contributed by atoms with E-state index in [-0.39, 0.29) is 0 Å². The Bertz CT molecular complexity index is 523. The predicted octanol–water partition coefficient (Wildman–Crippen LogP) is 1.80. The molecule has 0 unspecified atom stereocenters. The first-order valence-corrected chi connectivity index (χ1v) is 5.95. The molecule has 2 fully saturated rings. The molecule has 4 heteroatoms. The first-order valence-electron chi connectivity index (χ1n) is 5.95. The molecule has 82 valence electrons. The van der Waals surface area contributed by atoms with Gasteiger partial charge in [-0.15, -0.1) is 0 Å². The fraction of sp³-hybridized carbons (Fsp3) is 0.500. The Morgan fingerprint density at radius 2 is 2.06 bits per heavy atom. The van der Waals surface area contributed by atoms with Crippen LogP contribution in [0.25, 0.3) is 11.0 Å². The number of aromatic amines is 1. The van der Waals surface area contributed by atoms with E-state index in [2.05, 4.69) is 25.9 Å². The zero-order valence-electron chi connectivity index (χ0n) is 9.06. The van der Waals surface area contributed by atoms with Crippen LogP contribution in [0.4, 0.5) is 5.82 Å². The van der Waals surface area contributed by atoms with Gasteiger partial charge in [-0.2, -0.15) is 0 Å². The monoisotopic (exact) mass is 214 g/mol. The molecule has 1 N–H and O–H groups in total. The third kappa shape index (κ3) is 1.16. The normalized spacial score (nSPS) is 21.4. The number of anilines is 1. The molecule has 2 aromatic rings. The molecule has 16 heavy (non-hydrogen) atoms. The van der Waals surface area contributed by atoms with E-state index < -0.39 is 0 Å². The lowest BCUT2D eigenvalue weighted by atomic mass is 9.94. The summed E-state index contributed by atoms with van der Waals surface area (Å²) in [6, 6.07) is 2.06. The molecule has 1 saturated heterocycles. The van der Waals surface area contributed by atoms with Gasteiger partial charge in [0.2, 0.25) is 0 Å². The fourth-order valence-electron chi connectivity index (χ4n) is 2.66. The largest absolute Gasteiger partial charge is 0.355 e. The average Bonchev–Trinajstić information content (AvgIpc) is 2.94. The smallest absolute Gasteiger partial charge is 0.142 e. The lowest BCUT2D eigenvalue weighted by molar-refractivity contribution is 0.363. The molecule has 0 aromatic carbocycles. The van der Waals surface area contributed by atoms with Crippen molar-refractivity contribution in [1.29, 1.82) is 0 Å². The van der Waals surface area contributed by atoms with Crippen molar-refractivity contribution in [2.24, 2.45) is 11.8 Å². The maximum atomic E-state index is 4.41. The molecule has 0 spiro atoms. The van der Waals surface area contributed by atoms with Gasteiger partial charge >= 0.3 is 0 Å². The lowest BCUT2D eigenvalue weighted by Crippen LogP contribution is -2.48. The van der Waals surface area contributed by atoms with E-state index in [1.807, 2.05) is 6.20 Å². The number of rotatable bonds is 2. The van der Waals surface area contributed by atoms with Gasteiger partial charge in [-0.05, 0) is 30.7 Å². The Morgan fingerprint density at radius 3 is 2.88 bits per heavy atom. The molecule has 1 aliphatic carbocycles. The summed E-state index contributed by atoms with van der Waals surface area (Å²) in [5.41, 5.74) is 0.944. The van der Waals surface area contributed by atoms with E-state index in [0.717, 1.165) is 28.7 Å². The molecule has 0 atom stereocenters. The van der Waals surface area contributed by atoms with E-state index >= 15 is 0 Å². The van der Waals surface area contributed by atoms with Crippen molar-refractivity contribution in [2.45, 2.75) is 12.8 Å². The fourth-order valence-corrected chi connectivity index (χ4v) is 2.66. The zero-order valence-corrected chi connectivity index (χ0v) is 9.06. The minimum atomic E-state index is 0.920. The van der Waals surface area contributed by atoms with Crippen LogP contribution in [-0.4, -0.2) is 28.0 Å². The van der Waals surface area contributed by atoms with Crippen LogP contribution in [0.3, 0.4) is 0 Å². The minimum absolute atomic E-state index is 0.920. The summed E-state index contributed by atoms with van der Waals surface area (Å²) in [6.45, 7) is 2.37. The van der Waals surface area contributed by atoms with Gasteiger partial charge in [0.05, 0.1) is 5.39 Å². The molecule has 4 rings (SSSR count). The molecular formula is C12H14N4. The molecule has 1 aliphatic heterocycles. The van der Waals surface area contributed by atoms with E-state index in [4.69, 9.17) is 0 Å². The molecule has 4 nitrogen and oxygen atoms in total. The van der Waals surface area contributed by atoms with E-state index in [9.17, 15) is 0 Å². The summed E-state index contributed by atoms with van der Waals surface area (Å²) in [5, 5.41) is 1.15. The van der Waals surface area contributed by atoms with Crippen molar-refractivity contribution in [2.75, 3.05) is 18.0 Å². The quantitative estimate of drug-likeness (QED) is 0.829. The van der Waals surface area contributed by atoms with Crippen LogP contribution in [0.1, 0.15) is 12.8 Å². The second-order valence-electron chi connectivity index (χ2n) is 4.94. The molecule has 0 bridgehead atoms. The number of fused-ring (bicyclic) bond motifs is 1. The molecule has 2 aromatic heterocycles. The van der Waals surface area contributed by atoms with Crippen molar-refractivity contribution in [1.82, 2.24) is 15.0 Å². The minimum Gasteiger partial charge on any atom is -0.355 e. The Labute approximate surface area is 93.7 Å². The first-order chi connectivity index (χ1) is 7.92. The molecule has 1 saturated carbocycles. The summed E-state index contributed by atoms with van der Waals surface area (Å²) in [7, 11) is 0. The van der Waals surface area contributed by atoms with Crippen molar-refractivity contribution in [3.05, 3.63) is 18.6 Å². The second-order valence-corrected chi connectivity index (χ2v) is 4.94. The topological polar surface area (TPSA) is 44.8 Å². The highest BCUT2D eigenvalue weighted by atomic mass is 15.2. The third-order valence-electron chi connectivity index (χ3n) is 3.83. The SMILES string of the molecule is c1nc(N2CC(C3CC3)C2)c2cc[nH]c2n1. The summed E-state index contributed by atoms with van der Waals surface area (Å²) in [5.74, 6) is 3.03. The molecule has 3 heterocycles. The van der Waals surface area contributed by atoms with Gasteiger partial charge in [0.15, 0.2) is 0 Å². The van der Waals surface area contributed by atoms with Crippen LogP contribution in [0.15, 0.2) is 18.6 Å². The highest BCUT2D eigenvalue weighted by molar-refractivity contribution is 5.87. The number of hydrogen-bond donors (Lipinski definition) is 1. The van der Waals surface area contributed by atoms with Crippen LogP contribution in [0, 0.1) is 11.8 Å². The predicted molar refractivity (Wildman–Crippen MR) is 62.3 cm³/mol. The molecule has 2 aliphatic rings. The Hall–Kier alpha value is -1.58. The molecule has 0 amide bonds. The van der Waals surface area contributed by atoms with E-state index in [1.54, 1.807) is 6.33 Å². The van der Waals surface area contributed by atoms with Crippen LogP contribution in [0.5, 0.6) is 0 Å². The highest BCUT2D eigenvalue weighted by Gasteiger charge is 2.40. The number of nitrogens with zero attached hydrogens (tertiary/aromatic N) is 3. The third-order valence-corrected chi connectivity index (χ3v) is 3.83. The van der Waals surface area contributed by atoms with Crippen molar-refractivity contribution < 1.29 is 0 Å². The standard InChI is InChI=1S/C12H14N4/c1-2-8(1)9-5-16(6-9)12-10-3-4-13-11(10)14-7-15-12/h3-4,7-9H,1-2,5-6H2,(H,13,14,15). The van der Waals surface area contributed by atoms with Crippen LogP contribution in [0.2, 0.25) is 0 Å². The number of H-pyrrole nitrogens is 1. The lowest BCUT2D eigenvalue weighted by Gasteiger charge is -2.40. The number of nitrogens with one attached hydrogen (secondary N) is 1. The Morgan fingerprint density at radius 1 is 1.19 bits per heavy atom. The summed E-state index contributed by atoms with van der Waals surface area (Å²) in [6.07, 6.45) is 6.48. The van der Waals surface area contributed by atoms with Crippen LogP contribution in [-0.2, 0) is 0 Å². The van der Waals surface area contributed by atoms with E-state index in [0.29, 0.717) is 0 Å². The van der Waals surface area contributed by atoms with Crippen molar-refractivity contribution >= 4 is 16.9 Å². The van der Waals surface area contributed by atoms with Crippen molar-refractivity contribution in [3.63, 3.8) is 0 Å². The van der Waals surface area contributed by atoms with Crippen molar-refractivity contribution in [3.8, 4) is 0 Å². The van der Waals surface area contributed by atoms with Gasteiger partial charge in [0.1, 0.15) is 17.8 Å². The summed E-state index contributed by atoms with van der Waals surface area (Å²) in [4.78, 5) is 14.1. The number of aromatic nitrogens is 3. The van der Waals surface area contributed by atoms with E-state index in [1.165, 1.54) is 25.9 Å². The average molecular weight is 214 g/mol. The maximum absolute atomic E-state index is 4.41. The van der Waals surface area contributed by atoms with Gasteiger partial charge in [0.25, 0.3) is 0 Å². The van der Waals surface area contributed by atoms with Gasteiger partial charge in [-0.25, -0.2) is 9.97 Å². The first kappa shape index (κ1) is 8.56. The highest BCUT2D eigenvalue weighted by Crippen LogP contribution is 2.42. The van der Waals surface area contributed by atoms with Gasteiger partial charge in [-0.3, -0.25) is 0 Å². The summed E-state index contributed by atoms with van der Waals surface area (Å²) < 4.78 is 0. The molecular weight excluding hydrogens is 200 g/mol. The van der Waals surface area contributed by atoms with Gasteiger partial charge in [0, 0.05) is 19.3 Å². The van der Waals surface area contributed by atoms with Crippen LogP contribution < -0.4 is 4.90 Å². The second kappa shape index (κ2) is 2.97. The number of hydrogen-bond acceptors (Lipinski definition) is 3. The van der Waals surface area contributed by atoms with Gasteiger partial charge < -0.3 is 9.88 Å². The zero-order chi connectivity index (χ0) is 10.5. The summed E-state index contributed by atoms with van der Waals surface area (Å²) >= 11 is 0. The molecule has 0 radical (unpaired) electrons.